The molecule has 2 aromatic heterocycles. The molecule has 0 saturated carbocycles. The van der Waals surface area contributed by atoms with Crippen LogP contribution in [0.15, 0.2) is 80.7 Å². The summed E-state index contributed by atoms with van der Waals surface area (Å²) in [6.07, 6.45) is -3.25. The Balaban J connectivity index is 1.25. The number of rotatable bonds is 7. The van der Waals surface area contributed by atoms with Gasteiger partial charge in [-0.25, -0.2) is 4.39 Å². The van der Waals surface area contributed by atoms with Gasteiger partial charge in [-0.2, -0.15) is 18.2 Å². The lowest BCUT2D eigenvalue weighted by Gasteiger charge is -2.07. The second-order valence-electron chi connectivity index (χ2n) is 8.43. The van der Waals surface area contributed by atoms with E-state index in [-0.39, 0.29) is 46.8 Å². The van der Waals surface area contributed by atoms with Crippen LogP contribution in [0, 0.1) is 5.82 Å². The lowest BCUT2D eigenvalue weighted by molar-refractivity contribution is -0.137. The van der Waals surface area contributed by atoms with Crippen molar-refractivity contribution in [1.82, 2.24) is 10.1 Å². The van der Waals surface area contributed by atoms with Crippen LogP contribution in [0.2, 0.25) is 0 Å². The molecule has 0 aliphatic rings. The Morgan fingerprint density at radius 1 is 0.974 bits per heavy atom. The number of hydrogen-bond donors (Lipinski definition) is 2. The van der Waals surface area contributed by atoms with Crippen molar-refractivity contribution in [1.29, 1.82) is 0 Å². The molecule has 5 aromatic rings. The largest absolute Gasteiger partial charge is 0.493 e. The second-order valence-corrected chi connectivity index (χ2v) is 8.43. The van der Waals surface area contributed by atoms with Gasteiger partial charge in [-0.15, -0.1) is 0 Å². The highest BCUT2D eigenvalue weighted by molar-refractivity contribution is 6.58. The molecular formula is C26H17BF4N2O6. The first kappa shape index (κ1) is 26.1. The van der Waals surface area contributed by atoms with Gasteiger partial charge in [0.1, 0.15) is 23.4 Å². The quantitative estimate of drug-likeness (QED) is 0.235. The van der Waals surface area contributed by atoms with Crippen molar-refractivity contribution >= 4 is 23.6 Å². The maximum atomic E-state index is 14.2. The SMILES string of the molecule is O=c1c(-c2ccc(B(O)O)cc2)coc2cc(OCCc3nc(-c4ccc(C(F)(F)F)cc4F)no3)ccc12. The van der Waals surface area contributed by atoms with Crippen LogP contribution in [-0.2, 0) is 12.6 Å². The van der Waals surface area contributed by atoms with Crippen LogP contribution >= 0.6 is 0 Å². The van der Waals surface area contributed by atoms with Gasteiger partial charge in [0, 0.05) is 6.07 Å². The summed E-state index contributed by atoms with van der Waals surface area (Å²) in [6, 6.07) is 12.8. The van der Waals surface area contributed by atoms with E-state index in [2.05, 4.69) is 10.1 Å². The number of alkyl halides is 3. The molecule has 0 radical (unpaired) electrons. The van der Waals surface area contributed by atoms with Gasteiger partial charge in [-0.1, -0.05) is 29.4 Å². The van der Waals surface area contributed by atoms with Gasteiger partial charge in [0.25, 0.3) is 0 Å². The smallest absolute Gasteiger partial charge is 0.488 e. The summed E-state index contributed by atoms with van der Waals surface area (Å²) in [5.74, 6) is -0.855. The molecule has 3 aromatic carbocycles. The number of hydrogen-bond acceptors (Lipinski definition) is 8. The monoisotopic (exact) mass is 540 g/mol. The lowest BCUT2D eigenvalue weighted by atomic mass is 9.80. The summed E-state index contributed by atoms with van der Waals surface area (Å²) in [7, 11) is -1.62. The van der Waals surface area contributed by atoms with E-state index < -0.39 is 24.7 Å². The molecule has 2 heterocycles. The maximum absolute atomic E-state index is 14.2. The van der Waals surface area contributed by atoms with Gasteiger partial charge in [-0.3, -0.25) is 4.79 Å². The highest BCUT2D eigenvalue weighted by Crippen LogP contribution is 2.32. The second kappa shape index (κ2) is 10.3. The third-order valence-corrected chi connectivity index (χ3v) is 5.86. The fraction of sp³-hybridized carbons (Fsp3) is 0.115. The summed E-state index contributed by atoms with van der Waals surface area (Å²) < 4.78 is 68.8. The Hall–Kier alpha value is -4.49. The Morgan fingerprint density at radius 3 is 2.44 bits per heavy atom. The van der Waals surface area contributed by atoms with E-state index in [0.29, 0.717) is 28.3 Å². The fourth-order valence-corrected chi connectivity index (χ4v) is 3.83. The van der Waals surface area contributed by atoms with Crippen molar-refractivity contribution in [2.24, 2.45) is 0 Å². The Bertz CT molecular complexity index is 1700. The summed E-state index contributed by atoms with van der Waals surface area (Å²) in [5.41, 5.74) is -0.229. The number of aromatic nitrogens is 2. The molecule has 198 valence electrons. The van der Waals surface area contributed by atoms with Gasteiger partial charge < -0.3 is 23.7 Å². The molecule has 2 N–H and O–H groups in total. The molecule has 0 atom stereocenters. The first-order chi connectivity index (χ1) is 18.6. The predicted octanol–water partition coefficient (Wildman–Crippen LogP) is 3.97. The van der Waals surface area contributed by atoms with Crippen molar-refractivity contribution in [3.63, 3.8) is 0 Å². The molecule has 0 fully saturated rings. The van der Waals surface area contributed by atoms with Crippen molar-refractivity contribution < 1.29 is 41.3 Å². The van der Waals surface area contributed by atoms with E-state index in [4.69, 9.17) is 13.7 Å². The van der Waals surface area contributed by atoms with E-state index in [9.17, 15) is 32.4 Å². The molecule has 8 nitrogen and oxygen atoms in total. The van der Waals surface area contributed by atoms with Crippen LogP contribution in [-0.4, -0.2) is 33.9 Å². The lowest BCUT2D eigenvalue weighted by Crippen LogP contribution is -2.29. The zero-order chi connectivity index (χ0) is 27.7. The third-order valence-electron chi connectivity index (χ3n) is 5.86. The molecule has 0 spiro atoms. The summed E-state index contributed by atoms with van der Waals surface area (Å²) in [4.78, 5) is 17.0. The van der Waals surface area contributed by atoms with Crippen molar-refractivity contribution in [3.05, 3.63) is 94.4 Å². The molecular weight excluding hydrogens is 523 g/mol. The minimum absolute atomic E-state index is 0.0635. The number of nitrogens with zero attached hydrogens (tertiary/aromatic N) is 2. The topological polar surface area (TPSA) is 119 Å². The van der Waals surface area contributed by atoms with Crippen LogP contribution in [0.1, 0.15) is 11.5 Å². The van der Waals surface area contributed by atoms with Crippen molar-refractivity contribution in [3.8, 4) is 28.3 Å². The van der Waals surface area contributed by atoms with Crippen LogP contribution < -0.4 is 15.6 Å². The molecule has 0 unspecified atom stereocenters. The summed E-state index contributed by atoms with van der Waals surface area (Å²) in [5, 5.41) is 22.4. The van der Waals surface area contributed by atoms with E-state index >= 15 is 0 Å². The van der Waals surface area contributed by atoms with Gasteiger partial charge in [-0.05, 0) is 41.4 Å². The van der Waals surface area contributed by atoms with Crippen molar-refractivity contribution in [2.45, 2.75) is 12.6 Å². The molecule has 0 aliphatic heterocycles. The van der Waals surface area contributed by atoms with E-state index in [0.717, 1.165) is 12.1 Å². The maximum Gasteiger partial charge on any atom is 0.488 e. The Kier molecular flexibility index (Phi) is 6.93. The van der Waals surface area contributed by atoms with Crippen LogP contribution in [0.5, 0.6) is 5.75 Å². The number of benzene rings is 3. The molecule has 0 amide bonds. The first-order valence-corrected chi connectivity index (χ1v) is 11.4. The van der Waals surface area contributed by atoms with Crippen LogP contribution in [0.25, 0.3) is 33.5 Å². The Morgan fingerprint density at radius 2 is 1.74 bits per heavy atom. The zero-order valence-electron chi connectivity index (χ0n) is 19.8. The average molecular weight is 540 g/mol. The number of ether oxygens (including phenoxy) is 1. The van der Waals surface area contributed by atoms with Crippen LogP contribution in [0.4, 0.5) is 17.6 Å². The normalized spacial score (nSPS) is 11.6. The Labute approximate surface area is 217 Å². The fourth-order valence-electron chi connectivity index (χ4n) is 3.83. The number of fused-ring (bicyclic) bond motifs is 1. The molecule has 5 rings (SSSR count). The molecule has 13 heteroatoms. The molecule has 39 heavy (non-hydrogen) atoms. The van der Waals surface area contributed by atoms with E-state index in [1.54, 1.807) is 24.3 Å². The minimum Gasteiger partial charge on any atom is -0.493 e. The first-order valence-electron chi connectivity index (χ1n) is 11.4. The zero-order valence-corrected chi connectivity index (χ0v) is 19.8. The minimum atomic E-state index is -4.68. The predicted molar refractivity (Wildman–Crippen MR) is 132 cm³/mol. The average Bonchev–Trinajstić information content (AvgIpc) is 3.37. The third kappa shape index (κ3) is 5.54. The number of halogens is 4. The van der Waals surface area contributed by atoms with Gasteiger partial charge >= 0.3 is 13.3 Å². The summed E-state index contributed by atoms with van der Waals surface area (Å²) >= 11 is 0. The van der Waals surface area contributed by atoms with E-state index in [1.165, 1.54) is 24.5 Å². The van der Waals surface area contributed by atoms with Crippen molar-refractivity contribution in [2.75, 3.05) is 6.61 Å². The van der Waals surface area contributed by atoms with Gasteiger partial charge in [0.2, 0.25) is 11.7 Å². The standard InChI is InChI=1S/C26H17BF4N2O6/c28-21-11-15(26(29,30)31)3-7-18(21)25-32-23(39-33-25)9-10-37-17-6-8-19-22(12-17)38-13-20(24(19)34)14-1-4-16(5-2-14)27(35)36/h1-8,11-13,35-36H,9-10H2. The van der Waals surface area contributed by atoms with Gasteiger partial charge in [0.05, 0.1) is 35.1 Å². The highest BCUT2D eigenvalue weighted by Gasteiger charge is 2.31. The van der Waals surface area contributed by atoms with E-state index in [1.807, 2.05) is 0 Å². The van der Waals surface area contributed by atoms with Crippen LogP contribution in [0.3, 0.4) is 0 Å². The summed E-state index contributed by atoms with van der Waals surface area (Å²) in [6.45, 7) is 0.0635. The molecule has 0 bridgehead atoms. The molecule has 0 saturated heterocycles. The van der Waals surface area contributed by atoms with Gasteiger partial charge in [0.15, 0.2) is 5.43 Å². The molecule has 0 aliphatic carbocycles. The highest BCUT2D eigenvalue weighted by atomic mass is 19.4.